The molecular weight excluding hydrogens is 500 g/mol. The Morgan fingerprint density at radius 1 is 0.821 bits per heavy atom. The third-order valence-electron chi connectivity index (χ3n) is 6.10. The van der Waals surface area contributed by atoms with Gasteiger partial charge in [-0.3, -0.25) is 10.6 Å². The van der Waals surface area contributed by atoms with E-state index in [1.54, 1.807) is 13.0 Å². The molecule has 8 N–H and O–H groups in total. The van der Waals surface area contributed by atoms with Crippen LogP contribution >= 0.6 is 0 Å². The van der Waals surface area contributed by atoms with Crippen LogP contribution in [-0.4, -0.2) is 92.6 Å². The van der Waals surface area contributed by atoms with Crippen molar-refractivity contribution < 1.29 is 14.7 Å². The van der Waals surface area contributed by atoms with Crippen LogP contribution in [0.5, 0.6) is 0 Å². The molecule has 2 rings (SSSR count). The lowest BCUT2D eigenvalue weighted by Gasteiger charge is -2.23. The summed E-state index contributed by atoms with van der Waals surface area (Å²) in [6, 6.07) is -0.614. The molecule has 2 heterocycles. The monoisotopic (exact) mass is 548 g/mol. The summed E-state index contributed by atoms with van der Waals surface area (Å²) in [5, 5.41) is 29.9. The van der Waals surface area contributed by atoms with E-state index in [1.165, 1.54) is 19.3 Å². The lowest BCUT2D eigenvalue weighted by molar-refractivity contribution is 0.228. The number of aliphatic hydroxyl groups excluding tert-OH is 1. The zero-order valence-electron chi connectivity index (χ0n) is 23.9. The first-order valence-electron chi connectivity index (χ1n) is 14.0. The van der Waals surface area contributed by atoms with Gasteiger partial charge in [-0.25, -0.2) is 19.6 Å². The van der Waals surface area contributed by atoms with Gasteiger partial charge in [-0.15, -0.1) is 0 Å². The van der Waals surface area contributed by atoms with Crippen LogP contribution in [0.3, 0.4) is 0 Å². The molecule has 0 aliphatic carbocycles. The average molecular weight is 549 g/mol. The van der Waals surface area contributed by atoms with E-state index < -0.39 is 6.23 Å². The third kappa shape index (κ3) is 14.5. The fraction of sp³-hybridized carbons (Fsp3) is 0.692. The van der Waals surface area contributed by atoms with Crippen LogP contribution in [-0.2, 0) is 0 Å². The molecule has 0 saturated heterocycles. The van der Waals surface area contributed by atoms with Gasteiger partial charge in [-0.1, -0.05) is 12.8 Å². The molecule has 0 radical (unpaired) electrons. The normalized spacial score (nSPS) is 18.6. The average Bonchev–Trinajstić information content (AvgIpc) is 2.84. The van der Waals surface area contributed by atoms with Gasteiger partial charge in [0.15, 0.2) is 6.23 Å². The number of nitrogens with zero attached hydrogens (tertiary/aromatic N) is 3. The van der Waals surface area contributed by atoms with Crippen LogP contribution in [0.15, 0.2) is 33.5 Å². The van der Waals surface area contributed by atoms with Gasteiger partial charge >= 0.3 is 12.1 Å². The summed E-state index contributed by atoms with van der Waals surface area (Å²) in [6.07, 6.45) is 8.86. The van der Waals surface area contributed by atoms with Crippen molar-refractivity contribution in [3.05, 3.63) is 23.5 Å². The Morgan fingerprint density at radius 2 is 1.36 bits per heavy atom. The summed E-state index contributed by atoms with van der Waals surface area (Å²) in [4.78, 5) is 35.2. The van der Waals surface area contributed by atoms with Gasteiger partial charge in [0.2, 0.25) is 11.9 Å². The van der Waals surface area contributed by atoms with Crippen LogP contribution in [0.25, 0.3) is 0 Å². The number of allylic oxidation sites excluding steroid dienone is 2. The standard InChI is InChI=1S/C26H48N10O3/c1-19-17-20(2)31-23(30-19)34-25(38)28-12-9-15-36(14-8-6-5-7-11-27-4)16-10-13-29-26(39)35-24-32-21(3)18-22(37)33-24/h17-19,22,27,37H,5-16H2,1-4H3,(H3,28,30,31,34,38)(H3,29,32,33,35,39). The second-order valence-corrected chi connectivity index (χ2v) is 9.89. The Kier molecular flexibility index (Phi) is 14.9. The van der Waals surface area contributed by atoms with E-state index in [2.05, 4.69) is 52.1 Å². The lowest BCUT2D eigenvalue weighted by atomic mass is 10.2. The van der Waals surface area contributed by atoms with Crippen molar-refractivity contribution in [1.29, 1.82) is 0 Å². The number of hydrogen-bond acceptors (Lipinski definition) is 9. The topological polar surface area (TPSA) is 167 Å². The molecular formula is C26H48N10O3. The molecule has 2 unspecified atom stereocenters. The number of carbonyl (C=O) groups is 2. The van der Waals surface area contributed by atoms with Crippen molar-refractivity contribution in [3.63, 3.8) is 0 Å². The Morgan fingerprint density at radius 3 is 1.92 bits per heavy atom. The van der Waals surface area contributed by atoms with Crippen LogP contribution in [0.4, 0.5) is 9.59 Å². The predicted octanol–water partition coefficient (Wildman–Crippen LogP) is 0.880. The van der Waals surface area contributed by atoms with Crippen molar-refractivity contribution in [2.45, 2.75) is 71.6 Å². The van der Waals surface area contributed by atoms with E-state index >= 15 is 0 Å². The Bertz CT molecular complexity index is 838. The Hall–Kier alpha value is -3.16. The van der Waals surface area contributed by atoms with E-state index in [-0.39, 0.29) is 24.1 Å². The SMILES string of the molecule is CNCCCCCCN(CCCNC(=O)NC1=NC(C)C=C(C)N1)CCCNC(=O)NC1=NC(O)C=C(C)N1. The van der Waals surface area contributed by atoms with Crippen LogP contribution in [0, 0.1) is 0 Å². The summed E-state index contributed by atoms with van der Waals surface area (Å²) in [7, 11) is 1.97. The van der Waals surface area contributed by atoms with Crippen molar-refractivity contribution in [3.8, 4) is 0 Å². The molecule has 0 bridgehead atoms. The lowest BCUT2D eigenvalue weighted by Crippen LogP contribution is -2.47. The Labute approximate surface area is 232 Å². The third-order valence-corrected chi connectivity index (χ3v) is 6.10. The van der Waals surface area contributed by atoms with Gasteiger partial charge in [-0.05, 0) is 91.8 Å². The number of unbranched alkanes of at least 4 members (excludes halogenated alkanes) is 3. The zero-order chi connectivity index (χ0) is 28.5. The molecule has 0 aromatic heterocycles. The predicted molar refractivity (Wildman–Crippen MR) is 155 cm³/mol. The number of aliphatic hydroxyl groups is 1. The summed E-state index contributed by atoms with van der Waals surface area (Å²) in [6.45, 7) is 10.5. The number of carbonyl (C=O) groups excluding carboxylic acids is 2. The maximum Gasteiger partial charge on any atom is 0.321 e. The number of urea groups is 2. The first kappa shape index (κ1) is 32.1. The number of guanidine groups is 2. The summed E-state index contributed by atoms with van der Waals surface area (Å²) in [5.41, 5.74) is 1.69. The molecule has 0 saturated carbocycles. The van der Waals surface area contributed by atoms with Crippen molar-refractivity contribution in [2.75, 3.05) is 46.3 Å². The van der Waals surface area contributed by atoms with Crippen molar-refractivity contribution >= 4 is 24.0 Å². The molecule has 13 nitrogen and oxygen atoms in total. The van der Waals surface area contributed by atoms with Gasteiger partial charge in [-0.2, -0.15) is 0 Å². The minimum absolute atomic E-state index is 0.0286. The highest BCUT2D eigenvalue weighted by Gasteiger charge is 2.14. The highest BCUT2D eigenvalue weighted by atomic mass is 16.3. The minimum atomic E-state index is -0.961. The highest BCUT2D eigenvalue weighted by molar-refractivity contribution is 5.98. The maximum absolute atomic E-state index is 12.3. The van der Waals surface area contributed by atoms with Crippen LogP contribution < -0.4 is 37.2 Å². The molecule has 0 fully saturated rings. The van der Waals surface area contributed by atoms with Gasteiger partial charge in [0.25, 0.3) is 0 Å². The molecule has 39 heavy (non-hydrogen) atoms. The fourth-order valence-corrected chi connectivity index (χ4v) is 4.28. The van der Waals surface area contributed by atoms with Gasteiger partial charge in [0.05, 0.1) is 6.04 Å². The van der Waals surface area contributed by atoms with E-state index in [4.69, 9.17) is 0 Å². The maximum atomic E-state index is 12.3. The Balaban J connectivity index is 1.68. The fourth-order valence-electron chi connectivity index (χ4n) is 4.28. The van der Waals surface area contributed by atoms with E-state index in [0.717, 1.165) is 56.8 Å². The second kappa shape index (κ2) is 18.2. The van der Waals surface area contributed by atoms with Crippen molar-refractivity contribution in [1.82, 2.24) is 42.1 Å². The number of rotatable bonds is 15. The molecule has 220 valence electrons. The second-order valence-electron chi connectivity index (χ2n) is 9.89. The van der Waals surface area contributed by atoms with E-state index in [0.29, 0.717) is 19.0 Å². The summed E-state index contributed by atoms with van der Waals surface area (Å²) < 4.78 is 0. The van der Waals surface area contributed by atoms with Gasteiger partial charge in [0.1, 0.15) is 0 Å². The zero-order valence-corrected chi connectivity index (χ0v) is 23.9. The first-order chi connectivity index (χ1) is 18.7. The molecule has 0 aromatic carbocycles. The van der Waals surface area contributed by atoms with Crippen molar-refractivity contribution in [2.24, 2.45) is 9.98 Å². The molecule has 0 spiro atoms. The number of nitrogens with one attached hydrogen (secondary N) is 7. The number of aliphatic imine (C=N–C) groups is 2. The minimum Gasteiger partial charge on any atom is -0.368 e. The first-order valence-corrected chi connectivity index (χ1v) is 14.0. The summed E-state index contributed by atoms with van der Waals surface area (Å²) >= 11 is 0. The summed E-state index contributed by atoms with van der Waals surface area (Å²) in [5.74, 6) is 0.689. The molecule has 13 heteroatoms. The van der Waals surface area contributed by atoms with Crippen LogP contribution in [0.1, 0.15) is 59.3 Å². The molecule has 0 aromatic rings. The van der Waals surface area contributed by atoms with E-state index in [9.17, 15) is 14.7 Å². The molecule has 2 aliphatic heterocycles. The van der Waals surface area contributed by atoms with E-state index in [1.807, 2.05) is 27.0 Å². The smallest absolute Gasteiger partial charge is 0.321 e. The number of hydrogen-bond donors (Lipinski definition) is 8. The largest absolute Gasteiger partial charge is 0.368 e. The quantitative estimate of drug-likeness (QED) is 0.141. The van der Waals surface area contributed by atoms with Gasteiger partial charge in [0, 0.05) is 24.5 Å². The highest BCUT2D eigenvalue weighted by Crippen LogP contribution is 2.04. The van der Waals surface area contributed by atoms with Crippen LogP contribution in [0.2, 0.25) is 0 Å². The molecule has 2 atom stereocenters. The molecule has 4 amide bonds. The number of amides is 4. The molecule has 2 aliphatic rings. The van der Waals surface area contributed by atoms with Gasteiger partial charge < -0.3 is 36.6 Å².